The van der Waals surface area contributed by atoms with E-state index >= 15 is 0 Å². The number of imidazole rings is 1. The molecule has 1 aromatic heterocycles. The second-order valence-corrected chi connectivity index (χ2v) is 6.26. The third-order valence-corrected chi connectivity index (χ3v) is 4.40. The summed E-state index contributed by atoms with van der Waals surface area (Å²) in [5.41, 5.74) is 2.29. The van der Waals surface area contributed by atoms with Crippen LogP contribution in [0.3, 0.4) is 0 Å². The summed E-state index contributed by atoms with van der Waals surface area (Å²) in [6.45, 7) is 2.00. The van der Waals surface area contributed by atoms with Gasteiger partial charge in [0, 0.05) is 23.6 Å². The Morgan fingerprint density at radius 3 is 3.00 bits per heavy atom. The highest BCUT2D eigenvalue weighted by Crippen LogP contribution is 2.25. The number of halogens is 1. The Labute approximate surface area is 120 Å². The number of nitrogens with zero attached hydrogens (tertiary/aromatic N) is 2. The van der Waals surface area contributed by atoms with Crippen molar-refractivity contribution in [2.24, 2.45) is 0 Å². The van der Waals surface area contributed by atoms with Gasteiger partial charge in [-0.3, -0.25) is 0 Å². The molecule has 2 aromatic rings. The fourth-order valence-corrected chi connectivity index (χ4v) is 2.95. The van der Waals surface area contributed by atoms with E-state index in [0.29, 0.717) is 0 Å². The number of hydrogen-bond donors (Lipinski definition) is 1. The van der Waals surface area contributed by atoms with E-state index in [1.807, 2.05) is 6.07 Å². The van der Waals surface area contributed by atoms with Gasteiger partial charge in [-0.25, -0.2) is 0 Å². The molecule has 0 bridgehead atoms. The molecule has 96 valence electrons. The van der Waals surface area contributed by atoms with Gasteiger partial charge in [0.25, 0.3) is 0 Å². The second-order valence-electron chi connectivity index (χ2n) is 4.96. The molecule has 0 spiro atoms. The van der Waals surface area contributed by atoms with Crippen molar-refractivity contribution in [3.05, 3.63) is 27.4 Å². The van der Waals surface area contributed by atoms with Crippen LogP contribution < -0.4 is 0 Å². The normalized spacial score (nSPS) is 15.7. The second kappa shape index (κ2) is 4.79. The first-order valence-corrected chi connectivity index (χ1v) is 7.43. The zero-order valence-electron chi connectivity index (χ0n) is 10.3. The van der Waals surface area contributed by atoms with Crippen LogP contribution >= 0.6 is 28.1 Å². The monoisotopic (exact) mass is 325 g/mol. The summed E-state index contributed by atoms with van der Waals surface area (Å²) in [5, 5.41) is 0. The molecule has 18 heavy (non-hydrogen) atoms. The highest BCUT2D eigenvalue weighted by Gasteiger charge is 2.25. The zero-order chi connectivity index (χ0) is 12.7. The molecule has 1 aliphatic rings. The van der Waals surface area contributed by atoms with Crippen LogP contribution in [0.5, 0.6) is 0 Å². The average molecular weight is 326 g/mol. The van der Waals surface area contributed by atoms with Crippen molar-refractivity contribution < 1.29 is 0 Å². The lowest BCUT2D eigenvalue weighted by atomic mass is 10.3. The lowest BCUT2D eigenvalue weighted by Crippen LogP contribution is -2.25. The molecule has 0 aliphatic heterocycles. The van der Waals surface area contributed by atoms with Crippen molar-refractivity contribution >= 4 is 39.2 Å². The van der Waals surface area contributed by atoms with Crippen LogP contribution in [0.2, 0.25) is 0 Å². The minimum absolute atomic E-state index is 0.802. The first kappa shape index (κ1) is 12.4. The van der Waals surface area contributed by atoms with E-state index in [-0.39, 0.29) is 0 Å². The van der Waals surface area contributed by atoms with Crippen LogP contribution in [0.15, 0.2) is 22.7 Å². The predicted molar refractivity (Wildman–Crippen MR) is 80.5 cm³/mol. The zero-order valence-corrected chi connectivity index (χ0v) is 12.7. The van der Waals surface area contributed by atoms with Crippen LogP contribution in [0, 0.1) is 4.77 Å². The molecule has 1 aliphatic carbocycles. The number of H-pyrrole nitrogens is 1. The smallest absolute Gasteiger partial charge is 0.178 e. The van der Waals surface area contributed by atoms with E-state index in [9.17, 15) is 0 Å². The highest BCUT2D eigenvalue weighted by molar-refractivity contribution is 9.10. The van der Waals surface area contributed by atoms with Gasteiger partial charge in [-0.2, -0.15) is 0 Å². The van der Waals surface area contributed by atoms with Gasteiger partial charge in [-0.1, -0.05) is 15.9 Å². The Bertz CT molecular complexity index is 627. The van der Waals surface area contributed by atoms with Crippen LogP contribution in [0.4, 0.5) is 0 Å². The highest BCUT2D eigenvalue weighted by atomic mass is 79.9. The molecule has 0 radical (unpaired) electrons. The molecule has 1 saturated carbocycles. The Hall–Kier alpha value is -0.650. The van der Waals surface area contributed by atoms with E-state index in [2.05, 4.69) is 49.6 Å². The fraction of sp³-hybridized carbons (Fsp3) is 0.462. The molecule has 0 saturated heterocycles. The van der Waals surface area contributed by atoms with Crippen molar-refractivity contribution in [2.45, 2.75) is 25.4 Å². The molecule has 3 nitrogen and oxygen atoms in total. The van der Waals surface area contributed by atoms with Crippen molar-refractivity contribution in [2.75, 3.05) is 13.6 Å². The average Bonchev–Trinajstić information content (AvgIpc) is 3.12. The number of likely N-dealkylation sites (N-methyl/N-ethyl adjacent to an activating group) is 1. The van der Waals surface area contributed by atoms with Gasteiger partial charge in [0.15, 0.2) is 4.77 Å². The molecule has 0 unspecified atom stereocenters. The number of hydrogen-bond acceptors (Lipinski definition) is 2. The summed E-state index contributed by atoms with van der Waals surface area (Å²) in [7, 11) is 2.20. The van der Waals surface area contributed by atoms with Crippen LogP contribution in [0.1, 0.15) is 12.8 Å². The molecule has 1 aromatic carbocycles. The maximum Gasteiger partial charge on any atom is 0.178 e. The van der Waals surface area contributed by atoms with E-state index in [0.717, 1.165) is 33.9 Å². The molecular formula is C13H16BrN3S. The summed E-state index contributed by atoms with van der Waals surface area (Å²) >= 11 is 8.92. The summed E-state index contributed by atoms with van der Waals surface area (Å²) < 4.78 is 4.09. The predicted octanol–water partition coefficient (Wildman–Crippen LogP) is 3.56. The molecule has 0 amide bonds. The minimum atomic E-state index is 0.802. The molecule has 3 rings (SSSR count). The van der Waals surface area contributed by atoms with Gasteiger partial charge in [0.05, 0.1) is 11.0 Å². The fourth-order valence-electron chi connectivity index (χ4n) is 2.30. The van der Waals surface area contributed by atoms with Crippen LogP contribution in [-0.4, -0.2) is 34.1 Å². The molecule has 5 heteroatoms. The Morgan fingerprint density at radius 1 is 1.50 bits per heavy atom. The number of fused-ring (bicyclic) bond motifs is 1. The summed E-state index contributed by atoms with van der Waals surface area (Å²) in [6, 6.07) is 7.03. The maximum atomic E-state index is 5.40. The van der Waals surface area contributed by atoms with Crippen molar-refractivity contribution in [1.29, 1.82) is 0 Å². The third kappa shape index (κ3) is 2.39. The quantitative estimate of drug-likeness (QED) is 0.869. The lowest BCUT2D eigenvalue weighted by Gasteiger charge is -2.16. The third-order valence-electron chi connectivity index (χ3n) is 3.58. The number of aromatic amines is 1. The summed E-state index contributed by atoms with van der Waals surface area (Å²) in [4.78, 5) is 5.69. The van der Waals surface area contributed by atoms with Crippen molar-refractivity contribution in [3.8, 4) is 0 Å². The number of nitrogens with one attached hydrogen (secondary N) is 1. The molecular weight excluding hydrogens is 310 g/mol. The summed E-state index contributed by atoms with van der Waals surface area (Å²) in [5.74, 6) is 0. The maximum absolute atomic E-state index is 5.40. The van der Waals surface area contributed by atoms with Crippen molar-refractivity contribution in [1.82, 2.24) is 14.5 Å². The standard InChI is InChI=1S/C13H16BrN3S/c1-16(10-3-4-10)6-7-17-12-8-9(14)2-5-11(12)15-13(17)18/h2,5,8,10H,3-4,6-7H2,1H3,(H,15,18). The van der Waals surface area contributed by atoms with Crippen molar-refractivity contribution in [3.63, 3.8) is 0 Å². The van der Waals surface area contributed by atoms with Gasteiger partial charge in [0.2, 0.25) is 0 Å². The largest absolute Gasteiger partial charge is 0.331 e. The molecule has 1 heterocycles. The van der Waals surface area contributed by atoms with Gasteiger partial charge >= 0.3 is 0 Å². The number of benzene rings is 1. The number of rotatable bonds is 4. The molecule has 0 atom stereocenters. The SMILES string of the molecule is CN(CCn1c(=S)[nH]c2ccc(Br)cc21)C1CC1. The Morgan fingerprint density at radius 2 is 2.28 bits per heavy atom. The van der Waals surface area contributed by atoms with Crippen LogP contribution in [-0.2, 0) is 6.54 Å². The first-order valence-electron chi connectivity index (χ1n) is 6.23. The first-order chi connectivity index (χ1) is 8.65. The van der Waals surface area contributed by atoms with E-state index in [1.165, 1.54) is 18.4 Å². The Balaban J connectivity index is 1.87. The van der Waals surface area contributed by atoms with Gasteiger partial charge in [0.1, 0.15) is 0 Å². The van der Waals surface area contributed by atoms with Gasteiger partial charge in [-0.15, -0.1) is 0 Å². The lowest BCUT2D eigenvalue weighted by molar-refractivity contribution is 0.310. The topological polar surface area (TPSA) is 24.0 Å². The Kier molecular flexibility index (Phi) is 3.30. The van der Waals surface area contributed by atoms with E-state index in [4.69, 9.17) is 12.2 Å². The summed E-state index contributed by atoms with van der Waals surface area (Å²) in [6.07, 6.45) is 2.70. The van der Waals surface area contributed by atoms with E-state index in [1.54, 1.807) is 0 Å². The number of aromatic nitrogens is 2. The molecule has 1 fully saturated rings. The molecule has 1 N–H and O–H groups in total. The van der Waals surface area contributed by atoms with Gasteiger partial charge < -0.3 is 14.5 Å². The van der Waals surface area contributed by atoms with Gasteiger partial charge in [-0.05, 0) is 50.3 Å². The van der Waals surface area contributed by atoms with Crippen LogP contribution in [0.25, 0.3) is 11.0 Å². The minimum Gasteiger partial charge on any atom is -0.331 e. The van der Waals surface area contributed by atoms with E-state index < -0.39 is 0 Å².